The molecule has 102 valence electrons. The summed E-state index contributed by atoms with van der Waals surface area (Å²) < 4.78 is 4.97. The van der Waals surface area contributed by atoms with E-state index in [2.05, 4.69) is 9.97 Å². The molecule has 0 saturated carbocycles. The highest BCUT2D eigenvalue weighted by Crippen LogP contribution is 2.29. The van der Waals surface area contributed by atoms with Gasteiger partial charge in [0, 0.05) is 17.7 Å². The largest absolute Gasteiger partial charge is 0.465 e. The van der Waals surface area contributed by atoms with E-state index in [1.165, 1.54) is 11.8 Å². The summed E-state index contributed by atoms with van der Waals surface area (Å²) >= 11 is 1.39. The number of benzene rings is 1. The molecule has 1 fully saturated rings. The molecule has 1 atom stereocenters. The lowest BCUT2D eigenvalue weighted by Crippen LogP contribution is -2.10. The van der Waals surface area contributed by atoms with Crippen molar-refractivity contribution in [1.29, 1.82) is 0 Å². The van der Waals surface area contributed by atoms with Crippen LogP contribution in [0.25, 0.3) is 11.3 Å². The van der Waals surface area contributed by atoms with Crippen LogP contribution < -0.4 is 0 Å². The molecule has 4 nitrogen and oxygen atoms in total. The third kappa shape index (κ3) is 2.82. The highest BCUT2D eigenvalue weighted by molar-refractivity contribution is 8.00. The van der Waals surface area contributed by atoms with Crippen LogP contribution in [0.5, 0.6) is 0 Å². The predicted molar refractivity (Wildman–Crippen MR) is 77.4 cm³/mol. The third-order valence-corrected chi connectivity index (χ3v) is 4.14. The Morgan fingerprint density at radius 2 is 2.05 bits per heavy atom. The van der Waals surface area contributed by atoms with E-state index >= 15 is 0 Å². The number of rotatable bonds is 3. The van der Waals surface area contributed by atoms with Gasteiger partial charge in [0.05, 0.1) is 12.3 Å². The number of carbonyl (C=O) groups excluding carboxylic acids is 1. The molecule has 0 unspecified atom stereocenters. The molecular formula is C15H14N2O2S. The minimum absolute atomic E-state index is 0.165. The van der Waals surface area contributed by atoms with Gasteiger partial charge in [0.25, 0.3) is 0 Å². The van der Waals surface area contributed by atoms with Gasteiger partial charge in [-0.25, -0.2) is 9.97 Å². The molecule has 2 heterocycles. The Morgan fingerprint density at radius 1 is 1.25 bits per heavy atom. The smallest absolute Gasteiger partial charge is 0.319 e. The van der Waals surface area contributed by atoms with Gasteiger partial charge in [0.2, 0.25) is 0 Å². The molecular weight excluding hydrogens is 272 g/mol. The van der Waals surface area contributed by atoms with E-state index in [4.69, 9.17) is 4.74 Å². The Balaban J connectivity index is 1.89. The van der Waals surface area contributed by atoms with Crippen molar-refractivity contribution < 1.29 is 9.53 Å². The van der Waals surface area contributed by atoms with E-state index in [0.717, 1.165) is 23.4 Å². The number of hydrogen-bond donors (Lipinski definition) is 0. The zero-order valence-electron chi connectivity index (χ0n) is 11.1. The molecule has 1 aromatic heterocycles. The second-order valence-corrected chi connectivity index (χ2v) is 5.78. The number of nitrogens with zero attached hydrogens (tertiary/aromatic N) is 2. The number of aryl methyl sites for hydroxylation is 1. The zero-order chi connectivity index (χ0) is 13.9. The van der Waals surface area contributed by atoms with E-state index in [0.29, 0.717) is 11.8 Å². The molecule has 3 rings (SSSR count). The number of hydrogen-bond acceptors (Lipinski definition) is 5. The topological polar surface area (TPSA) is 52.1 Å². The van der Waals surface area contributed by atoms with Gasteiger partial charge in [0.1, 0.15) is 5.25 Å². The second kappa shape index (κ2) is 5.63. The molecule has 2 aromatic rings. The highest BCUT2D eigenvalue weighted by Gasteiger charge is 2.28. The van der Waals surface area contributed by atoms with Crippen LogP contribution in [0.3, 0.4) is 0 Å². The number of thioether (sulfide) groups is 1. The van der Waals surface area contributed by atoms with Gasteiger partial charge < -0.3 is 4.74 Å². The molecule has 1 aliphatic rings. The van der Waals surface area contributed by atoms with Crippen molar-refractivity contribution in [2.45, 2.75) is 23.8 Å². The van der Waals surface area contributed by atoms with Crippen molar-refractivity contribution >= 4 is 17.7 Å². The summed E-state index contributed by atoms with van der Waals surface area (Å²) in [4.78, 5) is 20.5. The summed E-state index contributed by atoms with van der Waals surface area (Å²) in [5.74, 6) is -0.165. The molecule has 0 N–H and O–H groups in total. The van der Waals surface area contributed by atoms with E-state index in [9.17, 15) is 4.79 Å². The first kappa shape index (κ1) is 13.1. The van der Waals surface area contributed by atoms with Gasteiger partial charge in [0.15, 0.2) is 5.16 Å². The van der Waals surface area contributed by atoms with Crippen molar-refractivity contribution in [3.8, 4) is 11.3 Å². The molecule has 1 aromatic carbocycles. The fraction of sp³-hybridized carbons (Fsp3) is 0.267. The standard InChI is InChI=1S/C15H14N2O2S/c1-10-9-12(11-5-3-2-4-6-11)17-15(16-10)20-13-7-8-19-14(13)18/h2-6,9,13H,7-8H2,1H3/t13-/m1/s1. The number of esters is 1. The Hall–Kier alpha value is -1.88. The molecule has 20 heavy (non-hydrogen) atoms. The predicted octanol–water partition coefficient (Wildman–Crippen LogP) is 2.86. The van der Waals surface area contributed by atoms with Crippen LogP contribution in [-0.2, 0) is 9.53 Å². The van der Waals surface area contributed by atoms with Crippen molar-refractivity contribution in [2.24, 2.45) is 0 Å². The van der Waals surface area contributed by atoms with Crippen LogP contribution in [0, 0.1) is 6.92 Å². The lowest BCUT2D eigenvalue weighted by atomic mass is 10.1. The summed E-state index contributed by atoms with van der Waals surface area (Å²) in [6, 6.07) is 11.9. The van der Waals surface area contributed by atoms with Crippen LogP contribution in [0.15, 0.2) is 41.6 Å². The normalized spacial score (nSPS) is 18.1. The summed E-state index contributed by atoms with van der Waals surface area (Å²) in [5.41, 5.74) is 2.83. The highest BCUT2D eigenvalue weighted by atomic mass is 32.2. The van der Waals surface area contributed by atoms with Crippen molar-refractivity contribution in [3.05, 3.63) is 42.1 Å². The quantitative estimate of drug-likeness (QED) is 0.641. The van der Waals surface area contributed by atoms with Gasteiger partial charge in [-0.2, -0.15) is 0 Å². The van der Waals surface area contributed by atoms with Gasteiger partial charge in [-0.1, -0.05) is 42.1 Å². The van der Waals surface area contributed by atoms with Crippen molar-refractivity contribution in [3.63, 3.8) is 0 Å². The van der Waals surface area contributed by atoms with E-state index < -0.39 is 0 Å². The summed E-state index contributed by atoms with van der Waals surface area (Å²) in [7, 11) is 0. The molecule has 0 radical (unpaired) electrons. The Bertz CT molecular complexity index is 631. The number of aromatic nitrogens is 2. The lowest BCUT2D eigenvalue weighted by Gasteiger charge is -2.07. The monoisotopic (exact) mass is 286 g/mol. The Kier molecular flexibility index (Phi) is 3.69. The number of ether oxygens (including phenoxy) is 1. The maximum absolute atomic E-state index is 11.5. The second-order valence-electron chi connectivity index (χ2n) is 4.61. The Morgan fingerprint density at radius 3 is 2.75 bits per heavy atom. The van der Waals surface area contributed by atoms with Crippen LogP contribution in [-0.4, -0.2) is 27.8 Å². The van der Waals surface area contributed by atoms with Crippen LogP contribution in [0.2, 0.25) is 0 Å². The fourth-order valence-corrected chi connectivity index (χ4v) is 3.04. The van der Waals surface area contributed by atoms with Crippen molar-refractivity contribution in [1.82, 2.24) is 9.97 Å². The zero-order valence-corrected chi connectivity index (χ0v) is 11.9. The van der Waals surface area contributed by atoms with Gasteiger partial charge >= 0.3 is 5.97 Å². The van der Waals surface area contributed by atoms with E-state index in [1.807, 2.05) is 43.3 Å². The van der Waals surface area contributed by atoms with E-state index in [-0.39, 0.29) is 11.2 Å². The number of carbonyl (C=O) groups is 1. The SMILES string of the molecule is Cc1cc(-c2ccccc2)nc(S[C@@H]2CCOC2=O)n1. The van der Waals surface area contributed by atoms with Gasteiger partial charge in [-0.3, -0.25) is 4.79 Å². The molecule has 0 spiro atoms. The molecule has 1 saturated heterocycles. The summed E-state index contributed by atoms with van der Waals surface area (Å²) in [6.07, 6.45) is 0.724. The maximum Gasteiger partial charge on any atom is 0.319 e. The minimum Gasteiger partial charge on any atom is -0.465 e. The Labute approximate surface area is 121 Å². The third-order valence-electron chi connectivity index (χ3n) is 3.04. The molecule has 0 aliphatic carbocycles. The molecule has 0 amide bonds. The van der Waals surface area contributed by atoms with Crippen LogP contribution >= 0.6 is 11.8 Å². The average molecular weight is 286 g/mol. The van der Waals surface area contributed by atoms with Gasteiger partial charge in [-0.05, 0) is 13.0 Å². The number of cyclic esters (lactones) is 1. The minimum atomic E-state index is -0.180. The van der Waals surface area contributed by atoms with Crippen molar-refractivity contribution in [2.75, 3.05) is 6.61 Å². The summed E-state index contributed by atoms with van der Waals surface area (Å²) in [5, 5.41) is 0.452. The van der Waals surface area contributed by atoms with Crippen LogP contribution in [0.1, 0.15) is 12.1 Å². The fourth-order valence-electron chi connectivity index (χ4n) is 2.06. The molecule has 5 heteroatoms. The van der Waals surface area contributed by atoms with Crippen LogP contribution in [0.4, 0.5) is 0 Å². The maximum atomic E-state index is 11.5. The summed E-state index contributed by atoms with van der Waals surface area (Å²) in [6.45, 7) is 2.43. The first-order valence-electron chi connectivity index (χ1n) is 6.47. The van der Waals surface area contributed by atoms with E-state index in [1.54, 1.807) is 0 Å². The van der Waals surface area contributed by atoms with Gasteiger partial charge in [-0.15, -0.1) is 0 Å². The lowest BCUT2D eigenvalue weighted by molar-refractivity contribution is -0.137. The molecule has 1 aliphatic heterocycles. The first-order chi connectivity index (χ1) is 9.72. The average Bonchev–Trinajstić information content (AvgIpc) is 2.85. The molecule has 0 bridgehead atoms. The first-order valence-corrected chi connectivity index (χ1v) is 7.35.